The van der Waals surface area contributed by atoms with Crippen molar-refractivity contribution in [3.05, 3.63) is 36.1 Å². The van der Waals surface area contributed by atoms with E-state index in [0.29, 0.717) is 24.7 Å². The number of aryl methyl sites for hydroxylation is 1. The van der Waals surface area contributed by atoms with Gasteiger partial charge in [0.05, 0.1) is 17.8 Å². The van der Waals surface area contributed by atoms with Crippen molar-refractivity contribution >= 4 is 5.91 Å². The van der Waals surface area contributed by atoms with Crippen LogP contribution in [0.15, 0.2) is 29.1 Å². The molecule has 1 saturated heterocycles. The van der Waals surface area contributed by atoms with Gasteiger partial charge in [-0.05, 0) is 32.4 Å². The van der Waals surface area contributed by atoms with E-state index < -0.39 is 30.2 Å². The summed E-state index contributed by atoms with van der Waals surface area (Å²) < 4.78 is 43.1. The highest BCUT2D eigenvalue weighted by Gasteiger charge is 2.39. The number of piperazine rings is 1. The van der Waals surface area contributed by atoms with Crippen molar-refractivity contribution in [2.75, 3.05) is 26.2 Å². The Hall–Kier alpha value is -2.46. The molecule has 3 rings (SSSR count). The molecule has 2 aromatic heterocycles. The third-order valence-corrected chi connectivity index (χ3v) is 4.93. The van der Waals surface area contributed by atoms with Crippen LogP contribution in [0, 0.1) is 6.92 Å². The van der Waals surface area contributed by atoms with Crippen molar-refractivity contribution in [3.8, 4) is 11.3 Å². The normalized spacial score (nSPS) is 18.6. The highest BCUT2D eigenvalue weighted by atomic mass is 19.4. The largest absolute Gasteiger partial charge is 0.439 e. The van der Waals surface area contributed by atoms with Crippen molar-refractivity contribution in [2.24, 2.45) is 0 Å². The Morgan fingerprint density at radius 1 is 1.34 bits per heavy atom. The average molecular weight is 411 g/mol. The van der Waals surface area contributed by atoms with E-state index in [9.17, 15) is 18.0 Å². The van der Waals surface area contributed by atoms with Gasteiger partial charge in [-0.25, -0.2) is 4.98 Å². The van der Waals surface area contributed by atoms with Gasteiger partial charge < -0.3 is 15.1 Å². The summed E-state index contributed by atoms with van der Waals surface area (Å²) >= 11 is 0. The summed E-state index contributed by atoms with van der Waals surface area (Å²) in [7, 11) is 0. The lowest BCUT2D eigenvalue weighted by Gasteiger charge is -2.41. The van der Waals surface area contributed by atoms with Gasteiger partial charge in [-0.2, -0.15) is 13.2 Å². The van der Waals surface area contributed by atoms with Crippen molar-refractivity contribution < 1.29 is 22.4 Å². The molecule has 1 atom stereocenters. The Labute approximate surface area is 166 Å². The second-order valence-electron chi connectivity index (χ2n) is 7.63. The number of hydrogen-bond acceptors (Lipinski definition) is 6. The predicted octanol–water partition coefficient (Wildman–Crippen LogP) is 2.23. The fourth-order valence-corrected chi connectivity index (χ4v) is 3.26. The van der Waals surface area contributed by atoms with Crippen LogP contribution in [0.4, 0.5) is 13.2 Å². The van der Waals surface area contributed by atoms with Crippen LogP contribution in [-0.4, -0.2) is 59.2 Å². The molecule has 1 unspecified atom stereocenters. The molecule has 2 aromatic rings. The monoisotopic (exact) mass is 411 g/mol. The van der Waals surface area contributed by atoms with Crippen LogP contribution in [0.1, 0.15) is 25.3 Å². The van der Waals surface area contributed by atoms with Crippen LogP contribution >= 0.6 is 0 Å². The molecule has 7 nitrogen and oxygen atoms in total. The molecule has 0 aliphatic carbocycles. The number of amides is 1. The summed E-state index contributed by atoms with van der Waals surface area (Å²) in [4.78, 5) is 22.7. The molecule has 1 amide bonds. The smallest absolute Gasteiger partial charge is 0.405 e. The second-order valence-corrected chi connectivity index (χ2v) is 7.63. The maximum absolute atomic E-state index is 12.4. The van der Waals surface area contributed by atoms with Gasteiger partial charge in [0.2, 0.25) is 11.8 Å². The molecule has 0 bridgehead atoms. The lowest BCUT2D eigenvalue weighted by molar-refractivity contribution is -0.140. The third-order valence-electron chi connectivity index (χ3n) is 4.93. The maximum Gasteiger partial charge on any atom is 0.405 e. The van der Waals surface area contributed by atoms with E-state index in [0.717, 1.165) is 11.1 Å². The van der Waals surface area contributed by atoms with Crippen LogP contribution < -0.4 is 10.6 Å². The SMILES string of the molecule is Cc1cncc(-c2cnc(C(C)(C)N3CCNC(C(=O)NCC(F)(F)F)C3)o2)c1. The van der Waals surface area contributed by atoms with E-state index in [-0.39, 0.29) is 6.54 Å². The average Bonchev–Trinajstić information content (AvgIpc) is 3.17. The molecule has 3 heterocycles. The summed E-state index contributed by atoms with van der Waals surface area (Å²) in [5.74, 6) is 0.367. The first-order valence-corrected chi connectivity index (χ1v) is 9.27. The number of aromatic nitrogens is 2. The minimum Gasteiger partial charge on any atom is -0.439 e. The summed E-state index contributed by atoms with van der Waals surface area (Å²) in [5.41, 5.74) is 1.15. The highest BCUT2D eigenvalue weighted by Crippen LogP contribution is 2.31. The number of oxazole rings is 1. The number of alkyl halides is 3. The van der Waals surface area contributed by atoms with E-state index in [1.165, 1.54) is 0 Å². The van der Waals surface area contributed by atoms with Crippen LogP contribution in [0.25, 0.3) is 11.3 Å². The summed E-state index contributed by atoms with van der Waals surface area (Å²) in [6.07, 6.45) is 0.622. The summed E-state index contributed by atoms with van der Waals surface area (Å²) in [5, 5.41) is 4.90. The first-order valence-electron chi connectivity index (χ1n) is 9.27. The van der Waals surface area contributed by atoms with Crippen molar-refractivity contribution in [3.63, 3.8) is 0 Å². The Kier molecular flexibility index (Phi) is 5.95. The first-order chi connectivity index (χ1) is 13.6. The van der Waals surface area contributed by atoms with Gasteiger partial charge in [0.1, 0.15) is 6.54 Å². The molecule has 0 saturated carbocycles. The van der Waals surface area contributed by atoms with Crippen LogP contribution in [0.5, 0.6) is 0 Å². The Morgan fingerprint density at radius 3 is 2.79 bits per heavy atom. The van der Waals surface area contributed by atoms with E-state index in [2.05, 4.69) is 15.3 Å². The van der Waals surface area contributed by atoms with E-state index >= 15 is 0 Å². The number of carbonyl (C=O) groups is 1. The molecule has 1 fully saturated rings. The first kappa shape index (κ1) is 21.3. The molecule has 0 radical (unpaired) electrons. The van der Waals surface area contributed by atoms with Crippen molar-refractivity contribution in [1.82, 2.24) is 25.5 Å². The molecule has 29 heavy (non-hydrogen) atoms. The number of pyridine rings is 1. The van der Waals surface area contributed by atoms with E-state index in [1.54, 1.807) is 18.6 Å². The maximum atomic E-state index is 12.4. The number of halogens is 3. The van der Waals surface area contributed by atoms with E-state index in [1.807, 2.05) is 37.1 Å². The number of carbonyl (C=O) groups excluding carboxylic acids is 1. The molecular formula is C19H24F3N5O2. The van der Waals surface area contributed by atoms with Gasteiger partial charge in [0, 0.05) is 37.6 Å². The lowest BCUT2D eigenvalue weighted by Crippen LogP contribution is -2.61. The fraction of sp³-hybridized carbons (Fsp3) is 0.526. The summed E-state index contributed by atoms with van der Waals surface area (Å²) in [6.45, 7) is 5.70. The molecule has 2 N–H and O–H groups in total. The number of nitrogens with one attached hydrogen (secondary N) is 2. The van der Waals surface area contributed by atoms with Crippen molar-refractivity contribution in [1.29, 1.82) is 0 Å². The second kappa shape index (κ2) is 8.11. The van der Waals surface area contributed by atoms with Gasteiger partial charge in [0.15, 0.2) is 5.76 Å². The molecular weight excluding hydrogens is 387 g/mol. The third kappa shape index (κ3) is 5.13. The van der Waals surface area contributed by atoms with Crippen molar-refractivity contribution in [2.45, 2.75) is 38.5 Å². The standard InChI is InChI=1S/C19H24F3N5O2/c1-12-6-13(8-23-7-12)15-9-25-17(29-15)18(2,3)27-5-4-24-14(10-27)16(28)26-11-19(20,21)22/h6-9,14,24H,4-5,10-11H2,1-3H3,(H,26,28). The van der Waals surface area contributed by atoms with Gasteiger partial charge in [0.25, 0.3) is 0 Å². The Balaban J connectivity index is 1.71. The molecule has 0 aromatic carbocycles. The zero-order chi connectivity index (χ0) is 21.2. The highest BCUT2D eigenvalue weighted by molar-refractivity contribution is 5.82. The van der Waals surface area contributed by atoms with Crippen LogP contribution in [0.2, 0.25) is 0 Å². The number of nitrogens with zero attached hydrogens (tertiary/aromatic N) is 3. The molecule has 158 valence electrons. The zero-order valence-electron chi connectivity index (χ0n) is 16.5. The predicted molar refractivity (Wildman–Crippen MR) is 99.9 cm³/mol. The fourth-order valence-electron chi connectivity index (χ4n) is 3.26. The number of hydrogen-bond donors (Lipinski definition) is 2. The topological polar surface area (TPSA) is 83.3 Å². The quantitative estimate of drug-likeness (QED) is 0.785. The van der Waals surface area contributed by atoms with Crippen LogP contribution in [0.3, 0.4) is 0 Å². The lowest BCUT2D eigenvalue weighted by atomic mass is 10.00. The summed E-state index contributed by atoms with van der Waals surface area (Å²) in [6, 6.07) is 1.19. The molecule has 1 aliphatic rings. The zero-order valence-corrected chi connectivity index (χ0v) is 16.5. The van der Waals surface area contributed by atoms with Gasteiger partial charge in [-0.1, -0.05) is 0 Å². The minimum atomic E-state index is -4.44. The van der Waals surface area contributed by atoms with Gasteiger partial charge >= 0.3 is 6.18 Å². The number of rotatable bonds is 5. The molecule has 1 aliphatic heterocycles. The van der Waals surface area contributed by atoms with Gasteiger partial charge in [-0.3, -0.25) is 14.7 Å². The van der Waals surface area contributed by atoms with Crippen LogP contribution in [-0.2, 0) is 10.3 Å². The van der Waals surface area contributed by atoms with Gasteiger partial charge in [-0.15, -0.1) is 0 Å². The molecule has 0 spiro atoms. The Morgan fingerprint density at radius 2 is 2.10 bits per heavy atom. The molecule has 10 heteroatoms. The minimum absolute atomic E-state index is 0.237. The van der Waals surface area contributed by atoms with E-state index in [4.69, 9.17) is 4.42 Å². The Bertz CT molecular complexity index is 866.